The molecule has 1 aliphatic rings. The van der Waals surface area contributed by atoms with Gasteiger partial charge in [0.05, 0.1) is 12.0 Å². The molecule has 1 saturated heterocycles. The van der Waals surface area contributed by atoms with Gasteiger partial charge < -0.3 is 9.64 Å². The first-order valence-electron chi connectivity index (χ1n) is 8.83. The number of hydrogen-bond donors (Lipinski definition) is 0. The molecule has 0 aliphatic carbocycles. The topological polar surface area (TPSA) is 64.4 Å². The lowest BCUT2D eigenvalue weighted by molar-refractivity contribution is -0.133. The summed E-state index contributed by atoms with van der Waals surface area (Å²) < 4.78 is 7.10. The molecule has 2 aromatic heterocycles. The normalized spacial score (nSPS) is 15.8. The minimum atomic E-state index is -0.152. The van der Waals surface area contributed by atoms with E-state index in [2.05, 4.69) is 11.9 Å². The monoisotopic (exact) mass is 363 g/mol. The second-order valence-electron chi connectivity index (χ2n) is 6.74. The molecule has 0 atom stereocenters. The summed E-state index contributed by atoms with van der Waals surface area (Å²) in [5, 5.41) is 1.30. The van der Waals surface area contributed by atoms with Crippen molar-refractivity contribution in [3.63, 3.8) is 0 Å². The van der Waals surface area contributed by atoms with Crippen LogP contribution in [0.2, 0.25) is 0 Å². The molecular formula is C18H25N3O3S. The fourth-order valence-electron chi connectivity index (χ4n) is 3.25. The van der Waals surface area contributed by atoms with Crippen molar-refractivity contribution in [1.29, 1.82) is 0 Å². The van der Waals surface area contributed by atoms with Crippen LogP contribution in [0.15, 0.2) is 4.79 Å². The van der Waals surface area contributed by atoms with E-state index >= 15 is 0 Å². The summed E-state index contributed by atoms with van der Waals surface area (Å²) in [5.74, 6) is 1.23. The SMILES string of the molecule is CCOc1sc2nc(C)n(CC(=O)N3CCC(C)CC3)c(=O)c2c1C. The van der Waals surface area contributed by atoms with Crippen molar-refractivity contribution in [3.8, 4) is 5.06 Å². The van der Waals surface area contributed by atoms with Gasteiger partial charge in [-0.25, -0.2) is 4.98 Å². The van der Waals surface area contributed by atoms with Gasteiger partial charge >= 0.3 is 0 Å². The fourth-order valence-corrected chi connectivity index (χ4v) is 4.37. The lowest BCUT2D eigenvalue weighted by Crippen LogP contribution is -2.41. The maximum Gasteiger partial charge on any atom is 0.263 e. The number of piperidine rings is 1. The number of rotatable bonds is 4. The van der Waals surface area contributed by atoms with Crippen LogP contribution >= 0.6 is 11.3 Å². The third-order valence-electron chi connectivity index (χ3n) is 4.90. The Hall–Kier alpha value is -1.89. The van der Waals surface area contributed by atoms with Gasteiger partial charge in [0.2, 0.25) is 5.91 Å². The van der Waals surface area contributed by atoms with Crippen molar-refractivity contribution in [2.24, 2.45) is 5.92 Å². The van der Waals surface area contributed by atoms with Gasteiger partial charge in [-0.3, -0.25) is 14.2 Å². The Morgan fingerprint density at radius 3 is 2.64 bits per heavy atom. The highest BCUT2D eigenvalue weighted by Gasteiger charge is 2.23. The number of ether oxygens (including phenoxy) is 1. The summed E-state index contributed by atoms with van der Waals surface area (Å²) in [6.45, 7) is 9.93. The van der Waals surface area contributed by atoms with Crippen LogP contribution in [-0.2, 0) is 11.3 Å². The summed E-state index contributed by atoms with van der Waals surface area (Å²) in [5.41, 5.74) is 0.660. The Morgan fingerprint density at radius 2 is 2.00 bits per heavy atom. The number of nitrogens with zero attached hydrogens (tertiary/aromatic N) is 3. The van der Waals surface area contributed by atoms with Crippen LogP contribution in [0.1, 0.15) is 38.1 Å². The minimum absolute atomic E-state index is 0.00355. The van der Waals surface area contributed by atoms with Gasteiger partial charge in [-0.15, -0.1) is 0 Å². The van der Waals surface area contributed by atoms with Crippen molar-refractivity contribution < 1.29 is 9.53 Å². The Bertz CT molecular complexity index is 847. The van der Waals surface area contributed by atoms with Gasteiger partial charge in [-0.1, -0.05) is 18.3 Å². The number of fused-ring (bicyclic) bond motifs is 1. The lowest BCUT2D eigenvalue weighted by Gasteiger charge is -2.30. The van der Waals surface area contributed by atoms with E-state index in [1.807, 2.05) is 18.7 Å². The molecule has 136 valence electrons. The van der Waals surface area contributed by atoms with Crippen LogP contribution in [0.5, 0.6) is 5.06 Å². The Morgan fingerprint density at radius 1 is 1.32 bits per heavy atom. The highest BCUT2D eigenvalue weighted by molar-refractivity contribution is 7.20. The first kappa shape index (κ1) is 17.9. The third kappa shape index (κ3) is 3.42. The summed E-state index contributed by atoms with van der Waals surface area (Å²) in [6.07, 6.45) is 2.05. The quantitative estimate of drug-likeness (QED) is 0.838. The van der Waals surface area contributed by atoms with Gasteiger partial charge in [-0.2, -0.15) is 0 Å². The maximum absolute atomic E-state index is 13.0. The number of aromatic nitrogens is 2. The van der Waals surface area contributed by atoms with E-state index in [4.69, 9.17) is 4.74 Å². The molecule has 0 bridgehead atoms. The molecule has 0 saturated carbocycles. The Labute approximate surface area is 151 Å². The minimum Gasteiger partial charge on any atom is -0.484 e. The van der Waals surface area contributed by atoms with Crippen molar-refractivity contribution in [1.82, 2.24) is 14.5 Å². The second-order valence-corrected chi connectivity index (χ2v) is 7.70. The highest BCUT2D eigenvalue weighted by atomic mass is 32.1. The predicted octanol–water partition coefficient (Wildman–Crippen LogP) is 2.73. The molecule has 0 unspecified atom stereocenters. The highest BCUT2D eigenvalue weighted by Crippen LogP contribution is 2.34. The Balaban J connectivity index is 1.92. The van der Waals surface area contributed by atoms with Crippen LogP contribution < -0.4 is 10.3 Å². The van der Waals surface area contributed by atoms with Gasteiger partial charge in [0, 0.05) is 18.7 Å². The first-order chi connectivity index (χ1) is 11.9. The van der Waals surface area contributed by atoms with Crippen molar-refractivity contribution in [3.05, 3.63) is 21.7 Å². The molecule has 0 aromatic carbocycles. The smallest absolute Gasteiger partial charge is 0.263 e. The fraction of sp³-hybridized carbons (Fsp3) is 0.611. The number of aryl methyl sites for hydroxylation is 2. The van der Waals surface area contributed by atoms with E-state index < -0.39 is 0 Å². The molecular weight excluding hydrogens is 338 g/mol. The van der Waals surface area contributed by atoms with Gasteiger partial charge in [0.15, 0.2) is 5.06 Å². The maximum atomic E-state index is 13.0. The van der Waals surface area contributed by atoms with Crippen LogP contribution in [-0.4, -0.2) is 40.1 Å². The summed E-state index contributed by atoms with van der Waals surface area (Å²) in [6, 6.07) is 0. The second kappa shape index (κ2) is 7.15. The largest absolute Gasteiger partial charge is 0.484 e. The number of carbonyl (C=O) groups excluding carboxylic acids is 1. The van der Waals surface area contributed by atoms with E-state index in [9.17, 15) is 9.59 Å². The standard InChI is InChI=1S/C18H25N3O3S/c1-5-24-18-12(3)15-16(25-18)19-13(4)21(17(15)23)10-14(22)20-8-6-11(2)7-9-20/h11H,5-10H2,1-4H3. The van der Waals surface area contributed by atoms with E-state index in [0.717, 1.165) is 36.6 Å². The number of hydrogen-bond acceptors (Lipinski definition) is 5. The molecule has 1 aliphatic heterocycles. The molecule has 25 heavy (non-hydrogen) atoms. The van der Waals surface area contributed by atoms with E-state index in [-0.39, 0.29) is 18.0 Å². The van der Waals surface area contributed by atoms with E-state index in [1.165, 1.54) is 15.9 Å². The molecule has 3 rings (SSSR count). The molecule has 0 spiro atoms. The molecule has 0 radical (unpaired) electrons. The predicted molar refractivity (Wildman–Crippen MR) is 99.5 cm³/mol. The number of likely N-dealkylation sites (tertiary alicyclic amines) is 1. The zero-order valence-corrected chi connectivity index (χ0v) is 16.1. The van der Waals surface area contributed by atoms with Crippen molar-refractivity contribution in [2.75, 3.05) is 19.7 Å². The molecule has 1 amide bonds. The average Bonchev–Trinajstić information content (AvgIpc) is 2.88. The van der Waals surface area contributed by atoms with Crippen LogP contribution in [0.25, 0.3) is 10.2 Å². The molecule has 0 N–H and O–H groups in total. The average molecular weight is 363 g/mol. The van der Waals surface area contributed by atoms with Gasteiger partial charge in [0.25, 0.3) is 5.56 Å². The summed E-state index contributed by atoms with van der Waals surface area (Å²) >= 11 is 1.39. The van der Waals surface area contributed by atoms with Crippen LogP contribution in [0.4, 0.5) is 0 Å². The van der Waals surface area contributed by atoms with Gasteiger partial charge in [0.1, 0.15) is 17.2 Å². The van der Waals surface area contributed by atoms with E-state index in [0.29, 0.717) is 28.6 Å². The molecule has 7 heteroatoms. The zero-order chi connectivity index (χ0) is 18.1. The van der Waals surface area contributed by atoms with E-state index in [1.54, 1.807) is 6.92 Å². The lowest BCUT2D eigenvalue weighted by atomic mass is 9.99. The van der Waals surface area contributed by atoms with Gasteiger partial charge in [-0.05, 0) is 39.5 Å². The molecule has 6 nitrogen and oxygen atoms in total. The zero-order valence-electron chi connectivity index (χ0n) is 15.3. The number of thiophene rings is 1. The third-order valence-corrected chi connectivity index (χ3v) is 6.00. The Kier molecular flexibility index (Phi) is 5.13. The molecule has 3 heterocycles. The summed E-state index contributed by atoms with van der Waals surface area (Å²) in [4.78, 5) is 32.7. The number of amides is 1. The summed E-state index contributed by atoms with van der Waals surface area (Å²) in [7, 11) is 0. The van der Waals surface area contributed by atoms with Crippen LogP contribution in [0, 0.1) is 19.8 Å². The van der Waals surface area contributed by atoms with Crippen molar-refractivity contribution >= 4 is 27.5 Å². The van der Waals surface area contributed by atoms with Crippen molar-refractivity contribution in [2.45, 2.75) is 47.1 Å². The first-order valence-corrected chi connectivity index (χ1v) is 9.65. The molecule has 1 fully saturated rings. The number of carbonyl (C=O) groups is 1. The van der Waals surface area contributed by atoms with Crippen LogP contribution in [0.3, 0.4) is 0 Å². The molecule has 2 aromatic rings.